The van der Waals surface area contributed by atoms with Gasteiger partial charge in [-0.2, -0.15) is 0 Å². The molecular formula is C23H24N2O2. The molecule has 0 aliphatic carbocycles. The molecule has 2 heterocycles. The fourth-order valence-corrected chi connectivity index (χ4v) is 3.95. The van der Waals surface area contributed by atoms with Crippen LogP contribution in [0.15, 0.2) is 54.7 Å². The van der Waals surface area contributed by atoms with E-state index in [1.165, 1.54) is 6.42 Å². The van der Waals surface area contributed by atoms with Gasteiger partial charge in [0.25, 0.3) is 0 Å². The Balaban J connectivity index is 1.60. The second-order valence-corrected chi connectivity index (χ2v) is 7.34. The van der Waals surface area contributed by atoms with Gasteiger partial charge in [0.1, 0.15) is 0 Å². The predicted octanol–water partition coefficient (Wildman–Crippen LogP) is 4.08. The van der Waals surface area contributed by atoms with Crippen LogP contribution in [-0.4, -0.2) is 40.7 Å². The molecule has 4 nitrogen and oxygen atoms in total. The molecule has 27 heavy (non-hydrogen) atoms. The van der Waals surface area contributed by atoms with Gasteiger partial charge >= 0.3 is 0 Å². The zero-order valence-corrected chi connectivity index (χ0v) is 15.6. The fraction of sp³-hybridized carbons (Fsp3) is 0.304. The van der Waals surface area contributed by atoms with Crippen molar-refractivity contribution >= 4 is 22.3 Å². The Morgan fingerprint density at radius 2 is 1.70 bits per heavy atom. The van der Waals surface area contributed by atoms with Crippen LogP contribution in [0.1, 0.15) is 45.7 Å². The molecule has 1 aromatic heterocycles. The first kappa shape index (κ1) is 17.7. The SMILES string of the molecule is Cn1cc(C(=O)c2cccc3ccccc23)cc1C(=O)CN1CCCCC1. The zero-order valence-electron chi connectivity index (χ0n) is 15.6. The highest BCUT2D eigenvalue weighted by Crippen LogP contribution is 2.22. The van der Waals surface area contributed by atoms with Gasteiger partial charge < -0.3 is 4.57 Å². The molecule has 0 radical (unpaired) electrons. The summed E-state index contributed by atoms with van der Waals surface area (Å²) >= 11 is 0. The van der Waals surface area contributed by atoms with E-state index in [9.17, 15) is 9.59 Å². The number of likely N-dealkylation sites (tertiary alicyclic amines) is 1. The van der Waals surface area contributed by atoms with Crippen LogP contribution in [0.4, 0.5) is 0 Å². The Hall–Kier alpha value is -2.72. The largest absolute Gasteiger partial charge is 0.347 e. The number of fused-ring (bicyclic) bond motifs is 1. The summed E-state index contributed by atoms with van der Waals surface area (Å²) in [4.78, 5) is 28.1. The molecule has 0 saturated carbocycles. The van der Waals surface area contributed by atoms with Gasteiger partial charge in [0.15, 0.2) is 11.6 Å². The highest BCUT2D eigenvalue weighted by atomic mass is 16.1. The second kappa shape index (κ2) is 7.49. The lowest BCUT2D eigenvalue weighted by atomic mass is 9.98. The van der Waals surface area contributed by atoms with Gasteiger partial charge in [0.05, 0.1) is 12.2 Å². The van der Waals surface area contributed by atoms with E-state index in [1.807, 2.05) is 49.5 Å². The quantitative estimate of drug-likeness (QED) is 0.644. The number of benzene rings is 2. The highest BCUT2D eigenvalue weighted by Gasteiger charge is 2.21. The minimum atomic E-state index is -0.0422. The molecule has 0 bridgehead atoms. The lowest BCUT2D eigenvalue weighted by Gasteiger charge is -2.25. The number of rotatable bonds is 5. The maximum atomic E-state index is 13.1. The summed E-state index contributed by atoms with van der Waals surface area (Å²) in [6.07, 6.45) is 5.34. The minimum Gasteiger partial charge on any atom is -0.347 e. The summed E-state index contributed by atoms with van der Waals surface area (Å²) < 4.78 is 1.78. The topological polar surface area (TPSA) is 42.3 Å². The first-order valence-electron chi connectivity index (χ1n) is 9.58. The first-order chi connectivity index (χ1) is 13.1. The predicted molar refractivity (Wildman–Crippen MR) is 107 cm³/mol. The molecule has 1 fully saturated rings. The van der Waals surface area contributed by atoms with Gasteiger partial charge in [-0.25, -0.2) is 0 Å². The number of Topliss-reactive ketones (excluding diaryl/α,β-unsaturated/α-hetero) is 1. The fourth-order valence-electron chi connectivity index (χ4n) is 3.95. The van der Waals surface area contributed by atoms with E-state index in [0.29, 0.717) is 23.4 Å². The standard InChI is InChI=1S/C23H24N2O2/c1-24-15-18(14-21(24)22(26)16-25-12-5-2-6-13-25)23(27)20-11-7-9-17-8-3-4-10-19(17)20/h3-4,7-11,14-15H,2,5-6,12-13,16H2,1H3. The number of ketones is 2. The van der Waals surface area contributed by atoms with E-state index in [0.717, 1.165) is 36.7 Å². The average Bonchev–Trinajstić information content (AvgIpc) is 3.09. The summed E-state index contributed by atoms with van der Waals surface area (Å²) in [7, 11) is 1.84. The first-order valence-corrected chi connectivity index (χ1v) is 9.58. The van der Waals surface area contributed by atoms with Crippen molar-refractivity contribution in [1.82, 2.24) is 9.47 Å². The van der Waals surface area contributed by atoms with E-state index in [1.54, 1.807) is 16.8 Å². The van der Waals surface area contributed by atoms with Crippen molar-refractivity contribution in [2.45, 2.75) is 19.3 Å². The Bertz CT molecular complexity index is 991. The van der Waals surface area contributed by atoms with Crippen molar-refractivity contribution in [3.63, 3.8) is 0 Å². The van der Waals surface area contributed by atoms with Crippen LogP contribution in [-0.2, 0) is 7.05 Å². The molecule has 4 heteroatoms. The van der Waals surface area contributed by atoms with Crippen molar-refractivity contribution in [2.24, 2.45) is 7.05 Å². The third kappa shape index (κ3) is 3.58. The maximum absolute atomic E-state index is 13.1. The molecule has 0 amide bonds. The molecule has 0 spiro atoms. The van der Waals surface area contributed by atoms with Crippen LogP contribution in [0, 0.1) is 0 Å². The highest BCUT2D eigenvalue weighted by molar-refractivity contribution is 6.17. The van der Waals surface area contributed by atoms with Gasteiger partial charge in [0.2, 0.25) is 0 Å². The molecule has 1 aliphatic heterocycles. The molecule has 138 valence electrons. The van der Waals surface area contributed by atoms with Crippen LogP contribution < -0.4 is 0 Å². The normalized spacial score (nSPS) is 15.1. The van der Waals surface area contributed by atoms with E-state index >= 15 is 0 Å². The number of carbonyl (C=O) groups excluding carboxylic acids is 2. The molecule has 3 aromatic rings. The van der Waals surface area contributed by atoms with E-state index < -0.39 is 0 Å². The number of carbonyl (C=O) groups is 2. The maximum Gasteiger partial charge on any atom is 0.195 e. The third-order valence-corrected chi connectivity index (χ3v) is 5.40. The lowest BCUT2D eigenvalue weighted by Crippen LogP contribution is -2.34. The number of aromatic nitrogens is 1. The molecule has 0 atom stereocenters. The van der Waals surface area contributed by atoms with Crippen molar-refractivity contribution in [1.29, 1.82) is 0 Å². The van der Waals surface area contributed by atoms with E-state index in [-0.39, 0.29) is 11.6 Å². The Kier molecular flexibility index (Phi) is 4.90. The Morgan fingerprint density at radius 3 is 2.52 bits per heavy atom. The van der Waals surface area contributed by atoms with Gasteiger partial charge in [-0.1, -0.05) is 48.9 Å². The van der Waals surface area contributed by atoms with E-state index in [4.69, 9.17) is 0 Å². The Labute approximate surface area is 159 Å². The van der Waals surface area contributed by atoms with Crippen molar-refractivity contribution in [2.75, 3.05) is 19.6 Å². The molecule has 2 aromatic carbocycles. The summed E-state index contributed by atoms with van der Waals surface area (Å²) in [5.74, 6) is 0.0378. The van der Waals surface area contributed by atoms with Gasteiger partial charge in [-0.15, -0.1) is 0 Å². The number of hydrogen-bond acceptors (Lipinski definition) is 3. The van der Waals surface area contributed by atoms with Gasteiger partial charge in [0, 0.05) is 24.4 Å². The smallest absolute Gasteiger partial charge is 0.195 e. The zero-order chi connectivity index (χ0) is 18.8. The molecule has 0 N–H and O–H groups in total. The molecule has 0 unspecified atom stereocenters. The second-order valence-electron chi connectivity index (χ2n) is 7.34. The lowest BCUT2D eigenvalue weighted by molar-refractivity contribution is 0.0907. The van der Waals surface area contributed by atoms with Crippen molar-refractivity contribution in [3.05, 3.63) is 71.5 Å². The number of hydrogen-bond donors (Lipinski definition) is 0. The van der Waals surface area contributed by atoms with Crippen molar-refractivity contribution in [3.8, 4) is 0 Å². The van der Waals surface area contributed by atoms with Crippen LogP contribution in [0.3, 0.4) is 0 Å². The summed E-state index contributed by atoms with van der Waals surface area (Å²) in [5.41, 5.74) is 1.84. The van der Waals surface area contributed by atoms with Crippen LogP contribution >= 0.6 is 0 Å². The van der Waals surface area contributed by atoms with Crippen molar-refractivity contribution < 1.29 is 9.59 Å². The van der Waals surface area contributed by atoms with E-state index in [2.05, 4.69) is 4.90 Å². The molecular weight excluding hydrogens is 336 g/mol. The molecule has 1 aliphatic rings. The molecule has 4 rings (SSSR count). The number of aryl methyl sites for hydroxylation is 1. The summed E-state index contributed by atoms with van der Waals surface area (Å²) in [5, 5.41) is 1.98. The number of piperidine rings is 1. The minimum absolute atomic E-state index is 0.0422. The number of nitrogens with zero attached hydrogens (tertiary/aromatic N) is 2. The van der Waals surface area contributed by atoms with Crippen LogP contribution in [0.5, 0.6) is 0 Å². The Morgan fingerprint density at radius 1 is 0.963 bits per heavy atom. The monoisotopic (exact) mass is 360 g/mol. The van der Waals surface area contributed by atoms with Gasteiger partial charge in [-0.3, -0.25) is 14.5 Å². The third-order valence-electron chi connectivity index (χ3n) is 5.40. The van der Waals surface area contributed by atoms with Crippen LogP contribution in [0.25, 0.3) is 10.8 Å². The summed E-state index contributed by atoms with van der Waals surface area (Å²) in [6.45, 7) is 2.40. The van der Waals surface area contributed by atoms with Gasteiger partial charge in [-0.05, 0) is 42.8 Å². The molecule has 1 saturated heterocycles. The summed E-state index contributed by atoms with van der Waals surface area (Å²) in [6, 6.07) is 15.4. The van der Waals surface area contributed by atoms with Crippen LogP contribution in [0.2, 0.25) is 0 Å². The average molecular weight is 360 g/mol.